The molecule has 0 aliphatic heterocycles. The van der Waals surface area contributed by atoms with Crippen LogP contribution in [0.4, 0.5) is 0 Å². The van der Waals surface area contributed by atoms with Gasteiger partial charge in [0, 0.05) is 11.6 Å². The predicted molar refractivity (Wildman–Crippen MR) is 47.8 cm³/mol. The molecule has 1 aliphatic carbocycles. The highest BCUT2D eigenvalue weighted by Gasteiger charge is 2.14. The van der Waals surface area contributed by atoms with E-state index in [1.165, 1.54) is 6.33 Å². The minimum absolute atomic E-state index is 0.0426. The predicted octanol–water partition coefficient (Wildman–Crippen LogP) is 1.03. The van der Waals surface area contributed by atoms with E-state index in [1.54, 1.807) is 0 Å². The number of aromatic nitrogens is 2. The Morgan fingerprint density at radius 2 is 2.33 bits per heavy atom. The van der Waals surface area contributed by atoms with Crippen LogP contribution in [0.2, 0.25) is 5.15 Å². The van der Waals surface area contributed by atoms with E-state index in [0.29, 0.717) is 5.15 Å². The largest absolute Gasteiger partial charge is 0.324 e. The van der Waals surface area contributed by atoms with Crippen LogP contribution in [-0.4, -0.2) is 16.0 Å². The third-order valence-electron chi connectivity index (χ3n) is 1.87. The van der Waals surface area contributed by atoms with Crippen molar-refractivity contribution in [3.05, 3.63) is 28.8 Å². The van der Waals surface area contributed by atoms with Crippen LogP contribution in [-0.2, 0) is 6.42 Å². The Kier molecular flexibility index (Phi) is 1.83. The third-order valence-corrected chi connectivity index (χ3v) is 2.19. The molecule has 12 heavy (non-hydrogen) atoms. The van der Waals surface area contributed by atoms with Gasteiger partial charge >= 0.3 is 0 Å². The fourth-order valence-electron chi connectivity index (χ4n) is 1.25. The summed E-state index contributed by atoms with van der Waals surface area (Å²) in [6, 6.07) is 0.0426. The Balaban J connectivity index is 2.53. The first-order valence-electron chi connectivity index (χ1n) is 3.70. The molecular weight excluding hydrogens is 174 g/mol. The zero-order valence-corrected chi connectivity index (χ0v) is 7.12. The van der Waals surface area contributed by atoms with Gasteiger partial charge in [-0.25, -0.2) is 9.97 Å². The van der Waals surface area contributed by atoms with Gasteiger partial charge in [-0.1, -0.05) is 17.7 Å². The van der Waals surface area contributed by atoms with Gasteiger partial charge in [-0.05, 0) is 12.5 Å². The molecule has 0 aromatic carbocycles. The van der Waals surface area contributed by atoms with Crippen LogP contribution in [0.3, 0.4) is 0 Å². The van der Waals surface area contributed by atoms with E-state index in [0.717, 1.165) is 17.7 Å². The summed E-state index contributed by atoms with van der Waals surface area (Å²) in [7, 11) is 0. The van der Waals surface area contributed by atoms with E-state index in [1.807, 2.05) is 12.2 Å². The van der Waals surface area contributed by atoms with Crippen molar-refractivity contribution in [1.29, 1.82) is 0 Å². The maximum Gasteiger partial charge on any atom is 0.136 e. The molecule has 1 aromatic heterocycles. The second-order valence-electron chi connectivity index (χ2n) is 2.76. The quantitative estimate of drug-likeness (QED) is 0.609. The molecule has 3 nitrogen and oxygen atoms in total. The summed E-state index contributed by atoms with van der Waals surface area (Å²) in [6.45, 7) is 0. The minimum Gasteiger partial charge on any atom is -0.324 e. The molecule has 4 heteroatoms. The Hall–Kier alpha value is -0.930. The number of nitrogens with zero attached hydrogens (tertiary/aromatic N) is 2. The first-order chi connectivity index (χ1) is 5.77. The fraction of sp³-hybridized carbons (Fsp3) is 0.250. The van der Waals surface area contributed by atoms with Gasteiger partial charge in [0.25, 0.3) is 0 Å². The van der Waals surface area contributed by atoms with Gasteiger partial charge in [0.1, 0.15) is 11.5 Å². The second kappa shape index (κ2) is 2.84. The molecule has 1 aromatic rings. The van der Waals surface area contributed by atoms with Gasteiger partial charge in [-0.15, -0.1) is 0 Å². The third kappa shape index (κ3) is 1.21. The summed E-state index contributed by atoms with van der Waals surface area (Å²) in [6.07, 6.45) is 6.00. The second-order valence-corrected chi connectivity index (χ2v) is 3.11. The molecule has 1 unspecified atom stereocenters. The highest BCUT2D eigenvalue weighted by atomic mass is 35.5. The summed E-state index contributed by atoms with van der Waals surface area (Å²) < 4.78 is 0. The van der Waals surface area contributed by atoms with Crippen LogP contribution in [0.5, 0.6) is 0 Å². The summed E-state index contributed by atoms with van der Waals surface area (Å²) in [4.78, 5) is 7.97. The minimum atomic E-state index is 0.0426. The van der Waals surface area contributed by atoms with E-state index >= 15 is 0 Å². The maximum absolute atomic E-state index is 5.87. The molecule has 0 amide bonds. The van der Waals surface area contributed by atoms with Crippen molar-refractivity contribution in [3.63, 3.8) is 0 Å². The van der Waals surface area contributed by atoms with Crippen LogP contribution >= 0.6 is 11.6 Å². The van der Waals surface area contributed by atoms with E-state index in [4.69, 9.17) is 17.3 Å². The monoisotopic (exact) mass is 181 g/mol. The van der Waals surface area contributed by atoms with Gasteiger partial charge in [0.15, 0.2) is 0 Å². The lowest BCUT2D eigenvalue weighted by atomic mass is 10.0. The summed E-state index contributed by atoms with van der Waals surface area (Å²) in [5.74, 6) is 0. The van der Waals surface area contributed by atoms with Crippen LogP contribution in [0.1, 0.15) is 11.3 Å². The average molecular weight is 182 g/mol. The molecule has 0 saturated heterocycles. The zero-order chi connectivity index (χ0) is 8.55. The molecule has 0 radical (unpaired) electrons. The zero-order valence-electron chi connectivity index (χ0n) is 6.37. The lowest BCUT2D eigenvalue weighted by Crippen LogP contribution is -2.23. The van der Waals surface area contributed by atoms with E-state index < -0.39 is 0 Å². The Morgan fingerprint density at radius 1 is 1.50 bits per heavy atom. The first kappa shape index (κ1) is 7.71. The Labute approximate surface area is 75.3 Å². The van der Waals surface area contributed by atoms with E-state index in [-0.39, 0.29) is 6.04 Å². The van der Waals surface area contributed by atoms with Crippen molar-refractivity contribution in [2.75, 3.05) is 0 Å². The molecule has 0 spiro atoms. The Bertz CT molecular complexity index is 335. The summed E-state index contributed by atoms with van der Waals surface area (Å²) in [5.41, 5.74) is 7.56. The molecule has 1 atom stereocenters. The number of halogens is 1. The van der Waals surface area contributed by atoms with Crippen molar-refractivity contribution in [3.8, 4) is 0 Å². The van der Waals surface area contributed by atoms with Gasteiger partial charge in [0.05, 0.1) is 5.69 Å². The van der Waals surface area contributed by atoms with Crippen molar-refractivity contribution in [2.45, 2.75) is 12.5 Å². The smallest absolute Gasteiger partial charge is 0.136 e. The lowest BCUT2D eigenvalue weighted by molar-refractivity contribution is 0.789. The molecule has 2 rings (SSSR count). The van der Waals surface area contributed by atoms with Crippen LogP contribution in [0.15, 0.2) is 12.4 Å². The van der Waals surface area contributed by atoms with E-state index in [9.17, 15) is 0 Å². The molecule has 1 heterocycles. The number of fused-ring (bicyclic) bond motifs is 1. The van der Waals surface area contributed by atoms with Gasteiger partial charge < -0.3 is 5.73 Å². The van der Waals surface area contributed by atoms with Gasteiger partial charge in [-0.3, -0.25) is 0 Å². The molecular formula is C8H8ClN3. The number of nitrogens with two attached hydrogens (primary N) is 1. The number of hydrogen-bond donors (Lipinski definition) is 1. The summed E-state index contributed by atoms with van der Waals surface area (Å²) >= 11 is 5.87. The maximum atomic E-state index is 5.87. The van der Waals surface area contributed by atoms with Crippen molar-refractivity contribution in [1.82, 2.24) is 9.97 Å². The number of rotatable bonds is 0. The normalized spacial score (nSPS) is 20.7. The van der Waals surface area contributed by atoms with Gasteiger partial charge in [0.2, 0.25) is 0 Å². The van der Waals surface area contributed by atoms with Crippen LogP contribution in [0.25, 0.3) is 6.08 Å². The molecule has 0 saturated carbocycles. The highest BCUT2D eigenvalue weighted by Crippen LogP contribution is 2.21. The standard InChI is InChI=1S/C8H8ClN3/c9-8-6-3-5(10)1-2-7(6)11-4-12-8/h1-2,4-5H,3,10H2. The van der Waals surface area contributed by atoms with Crippen molar-refractivity contribution < 1.29 is 0 Å². The van der Waals surface area contributed by atoms with E-state index in [2.05, 4.69) is 9.97 Å². The van der Waals surface area contributed by atoms with Crippen molar-refractivity contribution in [2.24, 2.45) is 5.73 Å². The molecule has 2 N–H and O–H groups in total. The Morgan fingerprint density at radius 3 is 3.17 bits per heavy atom. The number of hydrogen-bond acceptors (Lipinski definition) is 3. The highest BCUT2D eigenvalue weighted by molar-refractivity contribution is 6.30. The topological polar surface area (TPSA) is 51.8 Å². The van der Waals surface area contributed by atoms with Crippen LogP contribution in [0, 0.1) is 0 Å². The van der Waals surface area contributed by atoms with Crippen LogP contribution < -0.4 is 5.73 Å². The fourth-order valence-corrected chi connectivity index (χ4v) is 1.47. The SMILES string of the molecule is NC1C=Cc2ncnc(Cl)c2C1. The lowest BCUT2D eigenvalue weighted by Gasteiger charge is -2.14. The molecule has 62 valence electrons. The molecule has 0 fully saturated rings. The molecule has 0 bridgehead atoms. The van der Waals surface area contributed by atoms with Crippen molar-refractivity contribution >= 4 is 17.7 Å². The summed E-state index contributed by atoms with van der Waals surface area (Å²) in [5, 5.41) is 0.514. The van der Waals surface area contributed by atoms with Gasteiger partial charge in [-0.2, -0.15) is 0 Å². The first-order valence-corrected chi connectivity index (χ1v) is 4.08. The average Bonchev–Trinajstić information content (AvgIpc) is 2.07. The molecule has 1 aliphatic rings.